The molecule has 0 saturated heterocycles. The first-order chi connectivity index (χ1) is 13.7. The maximum atomic E-state index is 12.3. The van der Waals surface area contributed by atoms with Crippen LogP contribution in [0.2, 0.25) is 0 Å². The number of nitrogens with zero attached hydrogens (tertiary/aromatic N) is 2. The zero-order valence-corrected chi connectivity index (χ0v) is 16.3. The lowest BCUT2D eigenvalue weighted by atomic mass is 10.2. The summed E-state index contributed by atoms with van der Waals surface area (Å²) >= 11 is 1.53. The lowest BCUT2D eigenvalue weighted by molar-refractivity contribution is -0.120. The lowest BCUT2D eigenvalue weighted by Gasteiger charge is -2.03. The number of aromatic amines is 1. The van der Waals surface area contributed by atoms with E-state index in [-0.39, 0.29) is 12.3 Å². The van der Waals surface area contributed by atoms with Crippen molar-refractivity contribution in [2.24, 2.45) is 0 Å². The zero-order valence-electron chi connectivity index (χ0n) is 15.4. The molecule has 1 amide bonds. The van der Waals surface area contributed by atoms with Gasteiger partial charge in [0.25, 0.3) is 0 Å². The van der Waals surface area contributed by atoms with Gasteiger partial charge in [0.2, 0.25) is 5.91 Å². The number of para-hydroxylation sites is 2. The van der Waals surface area contributed by atoms with Crippen LogP contribution in [0.1, 0.15) is 18.4 Å². The molecule has 28 heavy (non-hydrogen) atoms. The van der Waals surface area contributed by atoms with Gasteiger partial charge in [0.15, 0.2) is 0 Å². The molecule has 0 bridgehead atoms. The number of aromatic nitrogens is 3. The monoisotopic (exact) mass is 392 g/mol. The van der Waals surface area contributed by atoms with Gasteiger partial charge in [-0.1, -0.05) is 12.1 Å². The van der Waals surface area contributed by atoms with E-state index in [0.717, 1.165) is 38.9 Å². The molecule has 0 unspecified atom stereocenters. The number of rotatable bonds is 7. The van der Waals surface area contributed by atoms with E-state index in [1.165, 1.54) is 11.3 Å². The standard InChI is InChI=1S/C21H20N4O2S/c1-2-27-16-9-7-14(8-10-16)21-23-15(13-28-21)11-20(26)22-12-19-24-17-5-3-4-6-18(17)25-19/h3-10,13H,2,11-12H2,1H3,(H,22,26)(H,24,25). The summed E-state index contributed by atoms with van der Waals surface area (Å²) in [5, 5.41) is 5.71. The fraction of sp³-hybridized carbons (Fsp3) is 0.190. The SMILES string of the molecule is CCOc1ccc(-c2nc(CC(=O)NCc3nc4ccccc4[nH]3)cs2)cc1. The van der Waals surface area contributed by atoms with Crippen molar-refractivity contribution in [2.75, 3.05) is 6.61 Å². The summed E-state index contributed by atoms with van der Waals surface area (Å²) in [4.78, 5) is 24.5. The van der Waals surface area contributed by atoms with Gasteiger partial charge in [0, 0.05) is 10.9 Å². The van der Waals surface area contributed by atoms with Crippen molar-refractivity contribution in [3.8, 4) is 16.3 Å². The van der Waals surface area contributed by atoms with E-state index >= 15 is 0 Å². The van der Waals surface area contributed by atoms with Crippen LogP contribution in [0.3, 0.4) is 0 Å². The van der Waals surface area contributed by atoms with E-state index in [0.29, 0.717) is 13.2 Å². The Hall–Kier alpha value is -3.19. The average Bonchev–Trinajstić information content (AvgIpc) is 3.34. The molecule has 2 aromatic heterocycles. The van der Waals surface area contributed by atoms with Crippen molar-refractivity contribution < 1.29 is 9.53 Å². The molecule has 4 rings (SSSR count). The second-order valence-electron chi connectivity index (χ2n) is 6.26. The quantitative estimate of drug-likeness (QED) is 0.499. The van der Waals surface area contributed by atoms with Crippen LogP contribution >= 0.6 is 11.3 Å². The van der Waals surface area contributed by atoms with E-state index in [1.54, 1.807) is 0 Å². The average molecular weight is 392 g/mol. The summed E-state index contributed by atoms with van der Waals surface area (Å²) in [6, 6.07) is 15.6. The third-order valence-corrected chi connectivity index (χ3v) is 5.14. The largest absolute Gasteiger partial charge is 0.494 e. The van der Waals surface area contributed by atoms with E-state index in [1.807, 2.05) is 60.8 Å². The van der Waals surface area contributed by atoms with Gasteiger partial charge in [-0.25, -0.2) is 9.97 Å². The van der Waals surface area contributed by atoms with Crippen LogP contribution in [0.5, 0.6) is 5.75 Å². The fourth-order valence-corrected chi connectivity index (χ4v) is 3.71. The normalized spacial score (nSPS) is 10.9. The predicted molar refractivity (Wildman–Crippen MR) is 110 cm³/mol. The van der Waals surface area contributed by atoms with Crippen molar-refractivity contribution in [1.29, 1.82) is 0 Å². The van der Waals surface area contributed by atoms with Crippen LogP contribution in [0.4, 0.5) is 0 Å². The Morgan fingerprint density at radius 3 is 2.75 bits per heavy atom. The maximum Gasteiger partial charge on any atom is 0.226 e. The van der Waals surface area contributed by atoms with Gasteiger partial charge in [-0.05, 0) is 43.3 Å². The van der Waals surface area contributed by atoms with Gasteiger partial charge >= 0.3 is 0 Å². The first kappa shape index (κ1) is 18.2. The van der Waals surface area contributed by atoms with E-state index in [4.69, 9.17) is 4.74 Å². The number of carbonyl (C=O) groups excluding carboxylic acids is 1. The molecule has 0 spiro atoms. The van der Waals surface area contributed by atoms with Gasteiger partial charge in [0.05, 0.1) is 36.3 Å². The highest BCUT2D eigenvalue weighted by Crippen LogP contribution is 2.26. The maximum absolute atomic E-state index is 12.3. The minimum atomic E-state index is -0.0796. The van der Waals surface area contributed by atoms with Crippen LogP contribution in [0, 0.1) is 0 Å². The van der Waals surface area contributed by atoms with Gasteiger partial charge in [-0.3, -0.25) is 4.79 Å². The third-order valence-electron chi connectivity index (χ3n) is 4.20. The van der Waals surface area contributed by atoms with Crippen molar-refractivity contribution >= 4 is 28.3 Å². The molecule has 6 nitrogen and oxygen atoms in total. The number of hydrogen-bond donors (Lipinski definition) is 2. The Morgan fingerprint density at radius 1 is 1.14 bits per heavy atom. The Balaban J connectivity index is 1.34. The summed E-state index contributed by atoms with van der Waals surface area (Å²) < 4.78 is 5.46. The number of H-pyrrole nitrogens is 1. The molecule has 0 fully saturated rings. The van der Waals surface area contributed by atoms with Gasteiger partial charge in [-0.2, -0.15) is 0 Å². The van der Waals surface area contributed by atoms with Crippen molar-refractivity contribution in [3.05, 3.63) is 65.4 Å². The van der Waals surface area contributed by atoms with E-state index < -0.39 is 0 Å². The Labute approximate surface area is 166 Å². The molecule has 0 saturated carbocycles. The van der Waals surface area contributed by atoms with Gasteiger partial charge < -0.3 is 15.0 Å². The van der Waals surface area contributed by atoms with E-state index in [9.17, 15) is 4.79 Å². The van der Waals surface area contributed by atoms with Gasteiger partial charge in [-0.15, -0.1) is 11.3 Å². The summed E-state index contributed by atoms with van der Waals surface area (Å²) in [7, 11) is 0. The molecule has 142 valence electrons. The molecular formula is C21H20N4O2S. The number of benzene rings is 2. The van der Waals surface area contributed by atoms with Crippen LogP contribution in [0.15, 0.2) is 53.9 Å². The number of thiazole rings is 1. The molecule has 7 heteroatoms. The molecule has 0 aliphatic heterocycles. The predicted octanol–water partition coefficient (Wildman–Crippen LogP) is 3.94. The first-order valence-corrected chi connectivity index (χ1v) is 9.97. The molecule has 0 atom stereocenters. The number of amides is 1. The van der Waals surface area contributed by atoms with Crippen molar-refractivity contribution in [2.45, 2.75) is 19.9 Å². The Kier molecular flexibility index (Phi) is 5.34. The second kappa shape index (κ2) is 8.22. The first-order valence-electron chi connectivity index (χ1n) is 9.09. The third kappa shape index (κ3) is 4.20. The van der Waals surface area contributed by atoms with Crippen LogP contribution in [0.25, 0.3) is 21.6 Å². The molecule has 4 aromatic rings. The molecule has 0 aliphatic rings. The molecule has 2 N–H and O–H groups in total. The summed E-state index contributed by atoms with van der Waals surface area (Å²) in [5.41, 5.74) is 3.64. The highest BCUT2D eigenvalue weighted by atomic mass is 32.1. The fourth-order valence-electron chi connectivity index (χ4n) is 2.88. The number of hydrogen-bond acceptors (Lipinski definition) is 5. The van der Waals surface area contributed by atoms with Crippen LogP contribution < -0.4 is 10.1 Å². The number of imidazole rings is 1. The molecule has 0 radical (unpaired) electrons. The van der Waals surface area contributed by atoms with Gasteiger partial charge in [0.1, 0.15) is 16.6 Å². The Bertz CT molecular complexity index is 1050. The number of nitrogens with one attached hydrogen (secondary N) is 2. The minimum absolute atomic E-state index is 0.0796. The van der Waals surface area contributed by atoms with Crippen molar-refractivity contribution in [1.82, 2.24) is 20.3 Å². The van der Waals surface area contributed by atoms with Crippen molar-refractivity contribution in [3.63, 3.8) is 0 Å². The zero-order chi connectivity index (χ0) is 19.3. The minimum Gasteiger partial charge on any atom is -0.494 e. The van der Waals surface area contributed by atoms with Crippen LogP contribution in [-0.2, 0) is 17.8 Å². The number of carbonyl (C=O) groups is 1. The number of ether oxygens (including phenoxy) is 1. The highest BCUT2D eigenvalue weighted by molar-refractivity contribution is 7.13. The summed E-state index contributed by atoms with van der Waals surface area (Å²) in [5.74, 6) is 1.50. The molecule has 2 heterocycles. The van der Waals surface area contributed by atoms with Crippen LogP contribution in [-0.4, -0.2) is 27.5 Å². The summed E-state index contributed by atoms with van der Waals surface area (Å²) in [6.07, 6.45) is 0.244. The lowest BCUT2D eigenvalue weighted by Crippen LogP contribution is -2.25. The highest BCUT2D eigenvalue weighted by Gasteiger charge is 2.10. The number of fused-ring (bicyclic) bond motifs is 1. The molecule has 2 aromatic carbocycles. The molecular weight excluding hydrogens is 372 g/mol. The second-order valence-corrected chi connectivity index (χ2v) is 7.11. The van der Waals surface area contributed by atoms with E-state index in [2.05, 4.69) is 20.3 Å². The topological polar surface area (TPSA) is 79.9 Å². The summed E-state index contributed by atoms with van der Waals surface area (Å²) in [6.45, 7) is 2.97. The smallest absolute Gasteiger partial charge is 0.226 e. The Morgan fingerprint density at radius 2 is 1.96 bits per heavy atom. The molecule has 0 aliphatic carbocycles.